The monoisotopic (exact) mass is 254 g/mol. The molecule has 94 valence electrons. The van der Waals surface area contributed by atoms with Crippen LogP contribution >= 0.6 is 11.8 Å². The van der Waals surface area contributed by atoms with Crippen molar-refractivity contribution in [3.63, 3.8) is 0 Å². The van der Waals surface area contributed by atoms with Crippen molar-refractivity contribution in [3.05, 3.63) is 18.2 Å². The lowest BCUT2D eigenvalue weighted by Crippen LogP contribution is -2.23. The number of hydrogen-bond donors (Lipinski definition) is 1. The van der Waals surface area contributed by atoms with Crippen LogP contribution in [0.25, 0.3) is 0 Å². The summed E-state index contributed by atoms with van der Waals surface area (Å²) in [5.74, 6) is 1.23. The Morgan fingerprint density at radius 3 is 2.76 bits per heavy atom. The summed E-state index contributed by atoms with van der Waals surface area (Å²) in [6.07, 6.45) is 0. The molecule has 1 aromatic rings. The molecule has 0 aromatic heterocycles. The van der Waals surface area contributed by atoms with Crippen LogP contribution in [0.2, 0.25) is 0 Å². The molecule has 0 aliphatic carbocycles. The van der Waals surface area contributed by atoms with E-state index in [0.29, 0.717) is 18.0 Å². The number of carbonyl (C=O) groups is 1. The normalized spacial score (nSPS) is 10.1. The molecule has 0 aliphatic heterocycles. The minimum absolute atomic E-state index is 0.0659. The minimum atomic E-state index is 0.0659. The van der Waals surface area contributed by atoms with Crippen molar-refractivity contribution in [2.45, 2.75) is 11.8 Å². The number of carbonyl (C=O) groups excluding carboxylic acids is 1. The van der Waals surface area contributed by atoms with Crippen molar-refractivity contribution in [2.75, 3.05) is 32.2 Å². The molecule has 0 fully saturated rings. The molecule has 0 bridgehead atoms. The number of rotatable bonds is 5. The average molecular weight is 254 g/mol. The van der Waals surface area contributed by atoms with Gasteiger partial charge in [-0.1, -0.05) is 0 Å². The molecule has 1 aromatic carbocycles. The second-order valence-electron chi connectivity index (χ2n) is 3.71. The maximum absolute atomic E-state index is 11.5. The molecule has 1 amide bonds. The topological polar surface area (TPSA) is 55.6 Å². The van der Waals surface area contributed by atoms with E-state index in [2.05, 4.69) is 0 Å². The van der Waals surface area contributed by atoms with Crippen molar-refractivity contribution < 1.29 is 9.53 Å². The Kier molecular flexibility index (Phi) is 5.15. The molecule has 0 heterocycles. The third-order valence-electron chi connectivity index (χ3n) is 2.15. The lowest BCUT2D eigenvalue weighted by atomic mass is 10.3. The SMILES string of the molecule is CCOc1ccc(N)c(SCC(=O)N(C)C)c1. The summed E-state index contributed by atoms with van der Waals surface area (Å²) in [6, 6.07) is 5.50. The first-order valence-electron chi connectivity index (χ1n) is 5.40. The second kappa shape index (κ2) is 6.39. The number of nitrogens with two attached hydrogens (primary N) is 1. The number of nitrogens with zero attached hydrogens (tertiary/aromatic N) is 1. The Balaban J connectivity index is 2.69. The zero-order valence-electron chi connectivity index (χ0n) is 10.4. The maximum atomic E-state index is 11.5. The van der Waals surface area contributed by atoms with Gasteiger partial charge in [0.15, 0.2) is 0 Å². The van der Waals surface area contributed by atoms with Crippen LogP contribution in [0.3, 0.4) is 0 Å². The molecular formula is C12H18N2O2S. The van der Waals surface area contributed by atoms with Crippen LogP contribution in [-0.4, -0.2) is 37.3 Å². The van der Waals surface area contributed by atoms with Gasteiger partial charge in [-0.25, -0.2) is 0 Å². The van der Waals surface area contributed by atoms with E-state index in [4.69, 9.17) is 10.5 Å². The minimum Gasteiger partial charge on any atom is -0.494 e. The number of thioether (sulfide) groups is 1. The van der Waals surface area contributed by atoms with E-state index in [9.17, 15) is 4.79 Å². The largest absolute Gasteiger partial charge is 0.494 e. The Hall–Kier alpha value is -1.36. The fourth-order valence-corrected chi connectivity index (χ4v) is 2.14. The lowest BCUT2D eigenvalue weighted by molar-refractivity contribution is -0.125. The summed E-state index contributed by atoms with van der Waals surface area (Å²) in [6.45, 7) is 2.55. The van der Waals surface area contributed by atoms with Gasteiger partial charge in [-0.05, 0) is 25.1 Å². The van der Waals surface area contributed by atoms with Crippen LogP contribution < -0.4 is 10.5 Å². The number of hydrogen-bond acceptors (Lipinski definition) is 4. The van der Waals surface area contributed by atoms with Crippen molar-refractivity contribution in [2.24, 2.45) is 0 Å². The predicted molar refractivity (Wildman–Crippen MR) is 71.4 cm³/mol. The molecule has 0 spiro atoms. The Morgan fingerprint density at radius 2 is 2.18 bits per heavy atom. The number of nitrogen functional groups attached to an aromatic ring is 1. The second-order valence-corrected chi connectivity index (χ2v) is 4.73. The van der Waals surface area contributed by atoms with Gasteiger partial charge in [-0.15, -0.1) is 11.8 Å². The van der Waals surface area contributed by atoms with Crippen LogP contribution in [0.15, 0.2) is 23.1 Å². The molecule has 0 saturated heterocycles. The zero-order chi connectivity index (χ0) is 12.8. The summed E-state index contributed by atoms with van der Waals surface area (Å²) >= 11 is 1.43. The highest BCUT2D eigenvalue weighted by Gasteiger charge is 2.08. The summed E-state index contributed by atoms with van der Waals surface area (Å²) in [7, 11) is 3.48. The van der Waals surface area contributed by atoms with Gasteiger partial charge < -0.3 is 15.4 Å². The van der Waals surface area contributed by atoms with Crippen molar-refractivity contribution in [3.8, 4) is 5.75 Å². The third-order valence-corrected chi connectivity index (χ3v) is 3.20. The van der Waals surface area contributed by atoms with Crippen molar-refractivity contribution >= 4 is 23.4 Å². The number of benzene rings is 1. The highest BCUT2D eigenvalue weighted by Crippen LogP contribution is 2.29. The molecule has 4 nitrogen and oxygen atoms in total. The molecule has 17 heavy (non-hydrogen) atoms. The highest BCUT2D eigenvalue weighted by atomic mass is 32.2. The Labute approximate surface area is 106 Å². The average Bonchev–Trinajstić information content (AvgIpc) is 2.29. The molecule has 0 radical (unpaired) electrons. The van der Waals surface area contributed by atoms with E-state index in [1.165, 1.54) is 11.8 Å². The Morgan fingerprint density at radius 1 is 1.47 bits per heavy atom. The molecule has 1 rings (SSSR count). The van der Waals surface area contributed by atoms with Crippen LogP contribution in [-0.2, 0) is 4.79 Å². The van der Waals surface area contributed by atoms with E-state index < -0.39 is 0 Å². The van der Waals surface area contributed by atoms with Crippen LogP contribution in [0.1, 0.15) is 6.92 Å². The zero-order valence-corrected chi connectivity index (χ0v) is 11.2. The molecule has 0 unspecified atom stereocenters. The first kappa shape index (κ1) is 13.7. The van der Waals surface area contributed by atoms with E-state index in [0.717, 1.165) is 10.6 Å². The molecular weight excluding hydrogens is 236 g/mol. The number of anilines is 1. The molecule has 0 aliphatic rings. The van der Waals surface area contributed by atoms with Gasteiger partial charge in [0.1, 0.15) is 5.75 Å². The first-order chi connectivity index (χ1) is 8.04. The molecule has 5 heteroatoms. The maximum Gasteiger partial charge on any atom is 0.232 e. The van der Waals surface area contributed by atoms with Gasteiger partial charge in [-0.2, -0.15) is 0 Å². The summed E-state index contributed by atoms with van der Waals surface area (Å²) in [5.41, 5.74) is 6.52. The number of amides is 1. The van der Waals surface area contributed by atoms with Gasteiger partial charge in [0.05, 0.1) is 12.4 Å². The summed E-state index contributed by atoms with van der Waals surface area (Å²) in [4.78, 5) is 13.9. The Bertz CT molecular complexity index is 394. The van der Waals surface area contributed by atoms with E-state index in [1.807, 2.05) is 19.1 Å². The lowest BCUT2D eigenvalue weighted by Gasteiger charge is -2.11. The molecule has 2 N–H and O–H groups in total. The predicted octanol–water partition coefficient (Wildman–Crippen LogP) is 1.85. The van der Waals surface area contributed by atoms with Crippen LogP contribution in [0, 0.1) is 0 Å². The van der Waals surface area contributed by atoms with Gasteiger partial charge >= 0.3 is 0 Å². The van der Waals surface area contributed by atoms with Gasteiger partial charge in [0, 0.05) is 24.7 Å². The van der Waals surface area contributed by atoms with Gasteiger partial charge in [0.25, 0.3) is 0 Å². The fraction of sp³-hybridized carbons (Fsp3) is 0.417. The van der Waals surface area contributed by atoms with Crippen molar-refractivity contribution in [1.29, 1.82) is 0 Å². The van der Waals surface area contributed by atoms with Gasteiger partial charge in [0.2, 0.25) is 5.91 Å². The van der Waals surface area contributed by atoms with Crippen molar-refractivity contribution in [1.82, 2.24) is 4.90 Å². The third kappa shape index (κ3) is 4.19. The molecule has 0 atom stereocenters. The summed E-state index contributed by atoms with van der Waals surface area (Å²) < 4.78 is 5.39. The fourth-order valence-electron chi connectivity index (χ4n) is 1.16. The standard InChI is InChI=1S/C12H18N2O2S/c1-4-16-9-5-6-10(13)11(7-9)17-8-12(15)14(2)3/h5-7H,4,8,13H2,1-3H3. The van der Waals surface area contributed by atoms with Crippen LogP contribution in [0.5, 0.6) is 5.75 Å². The van der Waals surface area contributed by atoms with E-state index >= 15 is 0 Å². The van der Waals surface area contributed by atoms with E-state index in [-0.39, 0.29) is 5.91 Å². The van der Waals surface area contributed by atoms with Gasteiger partial charge in [-0.3, -0.25) is 4.79 Å². The molecule has 0 saturated carbocycles. The quantitative estimate of drug-likeness (QED) is 0.643. The highest BCUT2D eigenvalue weighted by molar-refractivity contribution is 8.00. The number of ether oxygens (including phenoxy) is 1. The first-order valence-corrected chi connectivity index (χ1v) is 6.38. The summed E-state index contributed by atoms with van der Waals surface area (Å²) in [5, 5.41) is 0. The van der Waals surface area contributed by atoms with Crippen LogP contribution in [0.4, 0.5) is 5.69 Å². The smallest absolute Gasteiger partial charge is 0.232 e. The van der Waals surface area contributed by atoms with E-state index in [1.54, 1.807) is 25.1 Å².